The van der Waals surface area contributed by atoms with E-state index in [1.165, 1.54) is 44.5 Å². The number of hydrogen-bond acceptors (Lipinski definition) is 2. The molecule has 1 unspecified atom stereocenters. The molecule has 2 N–H and O–H groups in total. The van der Waals surface area contributed by atoms with Gasteiger partial charge in [0.2, 0.25) is 0 Å². The van der Waals surface area contributed by atoms with E-state index in [9.17, 15) is 0 Å². The first-order valence-electron chi connectivity index (χ1n) is 13.5. The third-order valence-electron chi connectivity index (χ3n) is 7.57. The Morgan fingerprint density at radius 1 is 0.658 bits per heavy atom. The molecular formula is C36H36N2. The first kappa shape index (κ1) is 25.7. The van der Waals surface area contributed by atoms with E-state index in [2.05, 4.69) is 159 Å². The lowest BCUT2D eigenvalue weighted by molar-refractivity contribution is 0.341. The van der Waals surface area contributed by atoms with Gasteiger partial charge in [-0.05, 0) is 70.5 Å². The lowest BCUT2D eigenvalue weighted by atomic mass is 9.82. The molecule has 4 aromatic carbocycles. The lowest BCUT2D eigenvalue weighted by Crippen LogP contribution is -2.53. The molecule has 1 aliphatic carbocycles. The zero-order valence-electron chi connectivity index (χ0n) is 22.5. The van der Waals surface area contributed by atoms with E-state index in [-0.39, 0.29) is 0 Å². The van der Waals surface area contributed by atoms with E-state index in [0.29, 0.717) is 0 Å². The first-order chi connectivity index (χ1) is 18.7. The minimum Gasteiger partial charge on any atom is -0.295 e. The van der Waals surface area contributed by atoms with Crippen LogP contribution in [0.1, 0.15) is 41.7 Å². The molecule has 0 bridgehead atoms. The molecule has 0 aliphatic heterocycles. The second-order valence-electron chi connectivity index (χ2n) is 9.79. The Labute approximate surface area is 227 Å². The highest BCUT2D eigenvalue weighted by molar-refractivity contribution is 5.78. The molecule has 0 heterocycles. The van der Waals surface area contributed by atoms with Crippen LogP contribution < -0.4 is 10.6 Å². The van der Waals surface area contributed by atoms with Crippen molar-refractivity contribution in [2.75, 3.05) is 7.05 Å². The quantitative estimate of drug-likeness (QED) is 0.241. The fraction of sp³-hybridized carbons (Fsp3) is 0.167. The number of hydrogen-bond donors (Lipinski definition) is 2. The molecule has 1 atom stereocenters. The molecule has 0 radical (unpaired) electrons. The zero-order chi connectivity index (χ0) is 26.4. The minimum atomic E-state index is -0.632. The number of nitrogens with one attached hydrogen (secondary N) is 2. The van der Waals surface area contributed by atoms with Gasteiger partial charge >= 0.3 is 0 Å². The molecule has 2 nitrogen and oxygen atoms in total. The summed E-state index contributed by atoms with van der Waals surface area (Å²) < 4.78 is 0. The Hall–Kier alpha value is -3.98. The van der Waals surface area contributed by atoms with E-state index in [4.69, 9.17) is 0 Å². The van der Waals surface area contributed by atoms with Gasteiger partial charge in [0.05, 0.1) is 0 Å². The van der Waals surface area contributed by atoms with E-state index in [1.54, 1.807) is 0 Å². The van der Waals surface area contributed by atoms with Crippen molar-refractivity contribution in [2.45, 2.75) is 32.5 Å². The van der Waals surface area contributed by atoms with Crippen molar-refractivity contribution in [3.63, 3.8) is 0 Å². The van der Waals surface area contributed by atoms with Gasteiger partial charge < -0.3 is 0 Å². The summed E-state index contributed by atoms with van der Waals surface area (Å²) in [5, 5.41) is 7.71. The molecule has 1 aliphatic rings. The molecule has 38 heavy (non-hydrogen) atoms. The molecular weight excluding hydrogens is 460 g/mol. The first-order valence-corrected chi connectivity index (χ1v) is 13.5. The van der Waals surface area contributed by atoms with Gasteiger partial charge in [0.25, 0.3) is 0 Å². The number of fused-ring (bicyclic) bond motifs is 1. The maximum atomic E-state index is 3.96. The van der Waals surface area contributed by atoms with Crippen molar-refractivity contribution < 1.29 is 0 Å². The normalized spacial score (nSPS) is 15.9. The van der Waals surface area contributed by atoms with Crippen molar-refractivity contribution in [3.8, 4) is 11.1 Å². The lowest BCUT2D eigenvalue weighted by Gasteiger charge is -2.39. The standard InChI is InChI=1S/C36H36N2/c1-4-29-16-8-11-19-33(29)34-20-12-13-21-35(34)36(37-3,38-26-28-14-6-5-7-15-28)31-24-22-27(2)32-18-10-9-17-30(32)23-25-31/h5-25,37-38H,4,26H2,1-3H3/b24-22?,25-23?,27-22+,30-23?,31-24?,31-25?,32-27?. The van der Waals surface area contributed by atoms with E-state index in [0.717, 1.165) is 18.5 Å². The Morgan fingerprint density at radius 3 is 2.08 bits per heavy atom. The average molecular weight is 497 g/mol. The van der Waals surface area contributed by atoms with Gasteiger partial charge in [-0.15, -0.1) is 0 Å². The van der Waals surface area contributed by atoms with Crippen LogP contribution in [-0.4, -0.2) is 7.05 Å². The highest BCUT2D eigenvalue weighted by Gasteiger charge is 2.35. The van der Waals surface area contributed by atoms with E-state index in [1.807, 2.05) is 0 Å². The highest BCUT2D eigenvalue weighted by Crippen LogP contribution is 2.38. The summed E-state index contributed by atoms with van der Waals surface area (Å²) in [5.74, 6) is 0. The van der Waals surface area contributed by atoms with Crippen LogP contribution in [0.4, 0.5) is 0 Å². The second-order valence-corrected chi connectivity index (χ2v) is 9.79. The van der Waals surface area contributed by atoms with Gasteiger partial charge in [-0.3, -0.25) is 10.6 Å². The largest absolute Gasteiger partial charge is 0.295 e. The molecule has 0 saturated heterocycles. The van der Waals surface area contributed by atoms with Gasteiger partial charge in [-0.1, -0.05) is 134 Å². The summed E-state index contributed by atoms with van der Waals surface area (Å²) in [6.07, 6.45) is 10.0. The summed E-state index contributed by atoms with van der Waals surface area (Å²) in [4.78, 5) is 0. The summed E-state index contributed by atoms with van der Waals surface area (Å²) in [6.45, 7) is 5.14. The Morgan fingerprint density at radius 2 is 1.32 bits per heavy atom. The Bertz CT molecular complexity index is 1490. The monoisotopic (exact) mass is 496 g/mol. The fourth-order valence-electron chi connectivity index (χ4n) is 5.48. The molecule has 2 heteroatoms. The van der Waals surface area contributed by atoms with Crippen LogP contribution in [0.5, 0.6) is 0 Å². The van der Waals surface area contributed by atoms with Gasteiger partial charge in [0, 0.05) is 6.54 Å². The van der Waals surface area contributed by atoms with Crippen LogP contribution >= 0.6 is 0 Å². The second kappa shape index (κ2) is 11.6. The van der Waals surface area contributed by atoms with E-state index < -0.39 is 5.66 Å². The van der Waals surface area contributed by atoms with Gasteiger partial charge in [0.1, 0.15) is 5.66 Å². The predicted molar refractivity (Wildman–Crippen MR) is 162 cm³/mol. The molecule has 0 amide bonds. The average Bonchev–Trinajstić information content (AvgIpc) is 2.98. The number of rotatable bonds is 8. The van der Waals surface area contributed by atoms with Gasteiger partial charge in [0.15, 0.2) is 0 Å². The number of allylic oxidation sites excluding steroid dienone is 3. The van der Waals surface area contributed by atoms with E-state index >= 15 is 0 Å². The summed E-state index contributed by atoms with van der Waals surface area (Å²) in [7, 11) is 2.05. The number of likely N-dealkylation sites (N-methyl/N-ethyl adjacent to an activating group) is 1. The molecule has 4 aromatic rings. The summed E-state index contributed by atoms with van der Waals surface area (Å²) >= 11 is 0. The van der Waals surface area contributed by atoms with Crippen LogP contribution in [0.25, 0.3) is 22.8 Å². The summed E-state index contributed by atoms with van der Waals surface area (Å²) in [5.41, 5.74) is 10.6. The van der Waals surface area contributed by atoms with Crippen molar-refractivity contribution in [2.24, 2.45) is 0 Å². The maximum Gasteiger partial charge on any atom is 0.122 e. The van der Waals surface area contributed by atoms with Crippen LogP contribution in [0.2, 0.25) is 0 Å². The number of aryl methyl sites for hydroxylation is 1. The van der Waals surface area contributed by atoms with Crippen molar-refractivity contribution in [3.05, 3.63) is 155 Å². The summed E-state index contributed by atoms with van der Waals surface area (Å²) in [6, 6.07) is 36.8. The molecule has 0 saturated carbocycles. The SMILES string of the molecule is CCc1ccccc1-c1ccccc1C(NC)(NCc1ccccc1)C1=C/C=C(\C)c2ccccc2C=C1. The van der Waals surface area contributed by atoms with Gasteiger partial charge in [-0.25, -0.2) is 0 Å². The molecule has 190 valence electrons. The van der Waals surface area contributed by atoms with Gasteiger partial charge in [-0.2, -0.15) is 0 Å². The van der Waals surface area contributed by atoms with Crippen LogP contribution in [0, 0.1) is 0 Å². The van der Waals surface area contributed by atoms with Crippen LogP contribution in [0.3, 0.4) is 0 Å². The number of benzene rings is 4. The highest BCUT2D eigenvalue weighted by atomic mass is 15.2. The Balaban J connectivity index is 1.71. The predicted octanol–water partition coefficient (Wildman–Crippen LogP) is 8.13. The molecule has 0 fully saturated rings. The van der Waals surface area contributed by atoms with Crippen LogP contribution in [0.15, 0.2) is 127 Å². The van der Waals surface area contributed by atoms with Crippen molar-refractivity contribution in [1.82, 2.24) is 10.6 Å². The topological polar surface area (TPSA) is 24.1 Å². The molecule has 0 spiro atoms. The molecule has 0 aromatic heterocycles. The van der Waals surface area contributed by atoms with Crippen molar-refractivity contribution >= 4 is 11.6 Å². The third kappa shape index (κ3) is 5.06. The zero-order valence-corrected chi connectivity index (χ0v) is 22.5. The fourth-order valence-corrected chi connectivity index (χ4v) is 5.48. The maximum absolute atomic E-state index is 3.96. The minimum absolute atomic E-state index is 0.632. The smallest absolute Gasteiger partial charge is 0.122 e. The molecule has 5 rings (SSSR count). The van der Waals surface area contributed by atoms with Crippen LogP contribution in [-0.2, 0) is 18.6 Å². The third-order valence-corrected chi connectivity index (χ3v) is 7.57. The Kier molecular flexibility index (Phi) is 7.83. The van der Waals surface area contributed by atoms with Crippen molar-refractivity contribution in [1.29, 1.82) is 0 Å².